The maximum absolute atomic E-state index is 10.9. The first-order chi connectivity index (χ1) is 5.81. The van der Waals surface area contributed by atoms with Crippen LogP contribution in [0.2, 0.25) is 0 Å². The van der Waals surface area contributed by atoms with Crippen molar-refractivity contribution in [1.29, 1.82) is 0 Å². The molecule has 0 amide bonds. The number of carbonyl (C=O) groups excluding carboxylic acids is 1. The summed E-state index contributed by atoms with van der Waals surface area (Å²) < 4.78 is 4.85. The van der Waals surface area contributed by atoms with Crippen LogP contribution in [-0.4, -0.2) is 24.1 Å². The topological polar surface area (TPSA) is 26.3 Å². The summed E-state index contributed by atoms with van der Waals surface area (Å²) in [6.45, 7) is 5.82. The molecule has 0 rings (SSSR count). The molecule has 0 spiro atoms. The molecule has 2 nitrogen and oxygen atoms in total. The monoisotopic (exact) mass is 186 g/mol. The number of esters is 1. The Labute approximate surface area is 77.7 Å². The molecule has 0 aliphatic rings. The predicted octanol–water partition coefficient (Wildman–Crippen LogP) is 2.02. The van der Waals surface area contributed by atoms with Gasteiger partial charge in [-0.15, -0.1) is 18.3 Å². The van der Waals surface area contributed by atoms with Crippen molar-refractivity contribution in [2.75, 3.05) is 18.1 Å². The molecule has 3 heteroatoms. The van der Waals surface area contributed by atoms with E-state index >= 15 is 0 Å². The second-order valence-corrected chi connectivity index (χ2v) is 3.09. The van der Waals surface area contributed by atoms with E-state index in [1.54, 1.807) is 12.2 Å². The Balaban J connectivity index is 3.27. The Hall–Kier alpha value is -0.700. The van der Waals surface area contributed by atoms with Gasteiger partial charge in [0.25, 0.3) is 0 Å². The number of allylic oxidation sites excluding steroid dienone is 1. The van der Waals surface area contributed by atoms with Crippen molar-refractivity contribution in [3.05, 3.63) is 24.8 Å². The molecule has 0 saturated heterocycles. The molecule has 12 heavy (non-hydrogen) atoms. The lowest BCUT2D eigenvalue weighted by atomic mass is 10.5. The molecule has 0 fully saturated rings. The molecule has 0 saturated carbocycles. The highest BCUT2D eigenvalue weighted by molar-refractivity contribution is 8.00. The van der Waals surface area contributed by atoms with E-state index in [4.69, 9.17) is 4.74 Å². The fraction of sp³-hybridized carbons (Fsp3) is 0.444. The maximum Gasteiger partial charge on any atom is 0.316 e. The molecular formula is C9H14O2S. The van der Waals surface area contributed by atoms with Crippen molar-refractivity contribution in [2.45, 2.75) is 6.92 Å². The van der Waals surface area contributed by atoms with Gasteiger partial charge in [-0.25, -0.2) is 0 Å². The van der Waals surface area contributed by atoms with Gasteiger partial charge in [0.15, 0.2) is 0 Å². The van der Waals surface area contributed by atoms with Crippen LogP contribution < -0.4 is 0 Å². The summed E-state index contributed by atoms with van der Waals surface area (Å²) in [5, 5.41) is 0. The van der Waals surface area contributed by atoms with Crippen molar-refractivity contribution in [1.82, 2.24) is 0 Å². The lowest BCUT2D eigenvalue weighted by Gasteiger charge is -1.99. The van der Waals surface area contributed by atoms with Gasteiger partial charge in [0, 0.05) is 5.75 Å². The van der Waals surface area contributed by atoms with E-state index < -0.39 is 0 Å². The smallest absolute Gasteiger partial charge is 0.316 e. The number of hydrogen-bond donors (Lipinski definition) is 0. The highest BCUT2D eigenvalue weighted by Gasteiger charge is 1.99. The van der Waals surface area contributed by atoms with Gasteiger partial charge in [-0.3, -0.25) is 4.79 Å². The third-order valence-electron chi connectivity index (χ3n) is 1.03. The lowest BCUT2D eigenvalue weighted by Crippen LogP contribution is -2.07. The molecule has 0 atom stereocenters. The number of ether oxygens (including phenoxy) is 1. The minimum Gasteiger partial charge on any atom is -0.461 e. The standard InChI is InChI=1S/C9H14O2S/c1-3-5-6-11-9(10)8-12-7-4-2/h3-5H,2,6-8H2,1H3/b5-3+. The Morgan fingerprint density at radius 3 is 3.00 bits per heavy atom. The summed E-state index contributed by atoms with van der Waals surface area (Å²) >= 11 is 1.50. The average molecular weight is 186 g/mol. The lowest BCUT2D eigenvalue weighted by molar-refractivity contribution is -0.139. The highest BCUT2D eigenvalue weighted by atomic mass is 32.2. The molecule has 0 bridgehead atoms. The van der Waals surface area contributed by atoms with Crippen molar-refractivity contribution < 1.29 is 9.53 Å². The zero-order valence-corrected chi connectivity index (χ0v) is 8.10. The van der Waals surface area contributed by atoms with Gasteiger partial charge in [0.05, 0.1) is 5.75 Å². The largest absolute Gasteiger partial charge is 0.461 e. The zero-order valence-electron chi connectivity index (χ0n) is 7.29. The normalized spacial score (nSPS) is 10.1. The van der Waals surface area contributed by atoms with Crippen molar-refractivity contribution in [3.63, 3.8) is 0 Å². The quantitative estimate of drug-likeness (QED) is 0.360. The van der Waals surface area contributed by atoms with Crippen molar-refractivity contribution >= 4 is 17.7 Å². The summed E-state index contributed by atoms with van der Waals surface area (Å²) in [6, 6.07) is 0. The Bertz CT molecular complexity index is 164. The summed E-state index contributed by atoms with van der Waals surface area (Å²) in [5.41, 5.74) is 0. The van der Waals surface area contributed by atoms with Crippen LogP contribution in [0.3, 0.4) is 0 Å². The first-order valence-electron chi connectivity index (χ1n) is 3.76. The number of rotatable bonds is 6. The summed E-state index contributed by atoms with van der Waals surface area (Å²) in [4.78, 5) is 10.9. The van der Waals surface area contributed by atoms with E-state index in [-0.39, 0.29) is 5.97 Å². The molecule has 0 radical (unpaired) electrons. The summed E-state index contributed by atoms with van der Waals surface area (Å²) in [7, 11) is 0. The van der Waals surface area contributed by atoms with E-state index in [1.165, 1.54) is 11.8 Å². The number of hydrogen-bond acceptors (Lipinski definition) is 3. The Morgan fingerprint density at radius 2 is 2.42 bits per heavy atom. The molecular weight excluding hydrogens is 172 g/mol. The van der Waals surface area contributed by atoms with Crippen LogP contribution in [0.1, 0.15) is 6.92 Å². The third-order valence-corrected chi connectivity index (χ3v) is 1.94. The second kappa shape index (κ2) is 8.40. The van der Waals surface area contributed by atoms with Crippen LogP contribution in [0.5, 0.6) is 0 Å². The third kappa shape index (κ3) is 7.41. The molecule has 0 aliphatic carbocycles. The van der Waals surface area contributed by atoms with Crippen LogP contribution >= 0.6 is 11.8 Å². The van der Waals surface area contributed by atoms with Crippen LogP contribution in [0.4, 0.5) is 0 Å². The van der Waals surface area contributed by atoms with Gasteiger partial charge in [0.1, 0.15) is 6.61 Å². The molecule has 0 heterocycles. The molecule has 0 aromatic heterocycles. The van der Waals surface area contributed by atoms with E-state index in [2.05, 4.69) is 6.58 Å². The second-order valence-electron chi connectivity index (χ2n) is 2.06. The van der Waals surface area contributed by atoms with E-state index in [9.17, 15) is 4.79 Å². The van der Waals surface area contributed by atoms with E-state index in [0.29, 0.717) is 12.4 Å². The van der Waals surface area contributed by atoms with Gasteiger partial charge in [-0.05, 0) is 6.92 Å². The molecule has 0 aliphatic heterocycles. The predicted molar refractivity (Wildman–Crippen MR) is 53.3 cm³/mol. The van der Waals surface area contributed by atoms with Crippen molar-refractivity contribution in [2.24, 2.45) is 0 Å². The fourth-order valence-corrected chi connectivity index (χ4v) is 1.04. The molecule has 68 valence electrons. The Kier molecular flexibility index (Phi) is 7.91. The minimum absolute atomic E-state index is 0.167. The van der Waals surface area contributed by atoms with Crippen molar-refractivity contribution in [3.8, 4) is 0 Å². The number of thioether (sulfide) groups is 1. The minimum atomic E-state index is -0.167. The van der Waals surface area contributed by atoms with Gasteiger partial charge in [0.2, 0.25) is 0 Å². The summed E-state index contributed by atoms with van der Waals surface area (Å²) in [5.74, 6) is 1.03. The van der Waals surface area contributed by atoms with E-state index in [1.807, 2.05) is 13.0 Å². The number of carbonyl (C=O) groups is 1. The molecule has 0 unspecified atom stereocenters. The maximum atomic E-state index is 10.9. The average Bonchev–Trinajstić information content (AvgIpc) is 2.06. The molecule has 0 N–H and O–H groups in total. The Morgan fingerprint density at radius 1 is 1.67 bits per heavy atom. The molecule has 0 aromatic carbocycles. The van der Waals surface area contributed by atoms with Gasteiger partial charge in [-0.2, -0.15) is 0 Å². The fourth-order valence-electron chi connectivity index (χ4n) is 0.505. The molecule has 0 aromatic rings. The highest BCUT2D eigenvalue weighted by Crippen LogP contribution is 1.99. The van der Waals surface area contributed by atoms with Crippen LogP contribution in [0, 0.1) is 0 Å². The van der Waals surface area contributed by atoms with E-state index in [0.717, 1.165) is 5.75 Å². The van der Waals surface area contributed by atoms with Crippen LogP contribution in [0.25, 0.3) is 0 Å². The first-order valence-corrected chi connectivity index (χ1v) is 4.92. The first kappa shape index (κ1) is 11.3. The van der Waals surface area contributed by atoms with Gasteiger partial charge in [-0.1, -0.05) is 18.2 Å². The van der Waals surface area contributed by atoms with Crippen LogP contribution in [-0.2, 0) is 9.53 Å². The zero-order chi connectivity index (χ0) is 9.23. The van der Waals surface area contributed by atoms with Gasteiger partial charge < -0.3 is 4.74 Å². The van der Waals surface area contributed by atoms with Crippen LogP contribution in [0.15, 0.2) is 24.8 Å². The SMILES string of the molecule is C=CCSCC(=O)OC/C=C/C. The van der Waals surface area contributed by atoms with Gasteiger partial charge >= 0.3 is 5.97 Å². The summed E-state index contributed by atoms with van der Waals surface area (Å²) in [6.07, 6.45) is 5.42.